The highest BCUT2D eigenvalue weighted by Gasteiger charge is 2.26. The zero-order valence-corrected chi connectivity index (χ0v) is 11.4. The first-order valence-electron chi connectivity index (χ1n) is 7.07. The standard InChI is InChI=1S/C16H18FN3/c17-14-5-3-13(4-6-14)7-11-20-10-1-2-16(20)15-12-18-8-9-19-15/h3-6,8-9,12,16H,1-2,7,10-11H2. The van der Waals surface area contributed by atoms with E-state index < -0.39 is 0 Å². The van der Waals surface area contributed by atoms with Gasteiger partial charge in [-0.2, -0.15) is 0 Å². The summed E-state index contributed by atoms with van der Waals surface area (Å²) in [5.41, 5.74) is 2.24. The van der Waals surface area contributed by atoms with E-state index in [4.69, 9.17) is 0 Å². The Morgan fingerprint density at radius 3 is 2.80 bits per heavy atom. The zero-order chi connectivity index (χ0) is 13.8. The zero-order valence-electron chi connectivity index (χ0n) is 11.4. The lowest BCUT2D eigenvalue weighted by atomic mass is 10.1. The van der Waals surface area contributed by atoms with Crippen LogP contribution in [0.4, 0.5) is 4.39 Å². The number of rotatable bonds is 4. The summed E-state index contributed by atoms with van der Waals surface area (Å²) in [7, 11) is 0. The van der Waals surface area contributed by atoms with Gasteiger partial charge in [-0.15, -0.1) is 0 Å². The molecule has 1 saturated heterocycles. The molecule has 2 heterocycles. The third kappa shape index (κ3) is 3.02. The SMILES string of the molecule is Fc1ccc(CCN2CCCC2c2cnccn2)cc1. The fourth-order valence-electron chi connectivity index (χ4n) is 2.84. The van der Waals surface area contributed by atoms with Gasteiger partial charge in [0.2, 0.25) is 0 Å². The second kappa shape index (κ2) is 6.09. The molecule has 0 aliphatic carbocycles. The number of nitrogens with zero attached hydrogens (tertiary/aromatic N) is 3. The predicted molar refractivity (Wildman–Crippen MR) is 75.7 cm³/mol. The molecule has 1 unspecified atom stereocenters. The van der Waals surface area contributed by atoms with Crippen molar-refractivity contribution < 1.29 is 4.39 Å². The minimum absolute atomic E-state index is 0.174. The third-order valence-electron chi connectivity index (χ3n) is 3.89. The number of hydrogen-bond donors (Lipinski definition) is 0. The van der Waals surface area contributed by atoms with Crippen LogP contribution in [-0.2, 0) is 6.42 Å². The molecule has 1 atom stereocenters. The Morgan fingerprint density at radius 2 is 2.05 bits per heavy atom. The molecule has 3 nitrogen and oxygen atoms in total. The molecule has 1 aliphatic rings. The fourth-order valence-corrected chi connectivity index (χ4v) is 2.84. The summed E-state index contributed by atoms with van der Waals surface area (Å²) in [5, 5.41) is 0. The van der Waals surface area contributed by atoms with Gasteiger partial charge >= 0.3 is 0 Å². The van der Waals surface area contributed by atoms with Crippen molar-refractivity contribution in [3.05, 3.63) is 59.9 Å². The van der Waals surface area contributed by atoms with Crippen molar-refractivity contribution in [2.45, 2.75) is 25.3 Å². The van der Waals surface area contributed by atoms with Gasteiger partial charge in [-0.25, -0.2) is 4.39 Å². The fraction of sp³-hybridized carbons (Fsp3) is 0.375. The lowest BCUT2D eigenvalue weighted by Gasteiger charge is -2.23. The normalized spacial score (nSPS) is 19.4. The molecule has 1 aromatic carbocycles. The van der Waals surface area contributed by atoms with Gasteiger partial charge in [0.05, 0.1) is 11.7 Å². The summed E-state index contributed by atoms with van der Waals surface area (Å²) < 4.78 is 12.9. The minimum atomic E-state index is -0.174. The van der Waals surface area contributed by atoms with Crippen molar-refractivity contribution in [3.8, 4) is 0 Å². The molecular weight excluding hydrogens is 253 g/mol. The smallest absolute Gasteiger partial charge is 0.123 e. The second-order valence-corrected chi connectivity index (χ2v) is 5.20. The monoisotopic (exact) mass is 271 g/mol. The number of benzene rings is 1. The summed E-state index contributed by atoms with van der Waals surface area (Å²) in [5.74, 6) is -0.174. The Bertz CT molecular complexity index is 541. The molecule has 0 spiro atoms. The first kappa shape index (κ1) is 13.2. The summed E-state index contributed by atoms with van der Waals surface area (Å²) in [4.78, 5) is 11.0. The van der Waals surface area contributed by atoms with E-state index in [0.29, 0.717) is 6.04 Å². The maximum atomic E-state index is 12.9. The molecule has 4 heteroatoms. The van der Waals surface area contributed by atoms with Crippen molar-refractivity contribution in [2.75, 3.05) is 13.1 Å². The van der Waals surface area contributed by atoms with Gasteiger partial charge in [-0.1, -0.05) is 12.1 Å². The highest BCUT2D eigenvalue weighted by Crippen LogP contribution is 2.30. The summed E-state index contributed by atoms with van der Waals surface area (Å²) in [6.45, 7) is 2.08. The van der Waals surface area contributed by atoms with Crippen molar-refractivity contribution in [1.29, 1.82) is 0 Å². The summed E-state index contributed by atoms with van der Waals surface area (Å²) in [6, 6.07) is 7.16. The minimum Gasteiger partial charge on any atom is -0.294 e. The lowest BCUT2D eigenvalue weighted by molar-refractivity contribution is 0.256. The lowest BCUT2D eigenvalue weighted by Crippen LogP contribution is -2.26. The maximum absolute atomic E-state index is 12.9. The van der Waals surface area contributed by atoms with Gasteiger partial charge in [0, 0.05) is 25.1 Å². The van der Waals surface area contributed by atoms with Crippen molar-refractivity contribution in [1.82, 2.24) is 14.9 Å². The highest BCUT2D eigenvalue weighted by molar-refractivity contribution is 5.16. The predicted octanol–water partition coefficient (Wildman–Crippen LogP) is 3.00. The van der Waals surface area contributed by atoms with Crippen molar-refractivity contribution in [3.63, 3.8) is 0 Å². The van der Waals surface area contributed by atoms with Gasteiger partial charge in [0.1, 0.15) is 5.82 Å². The van der Waals surface area contributed by atoms with Crippen LogP contribution in [0.2, 0.25) is 0 Å². The molecule has 1 aromatic heterocycles. The van der Waals surface area contributed by atoms with E-state index in [1.165, 1.54) is 24.1 Å². The molecule has 20 heavy (non-hydrogen) atoms. The summed E-state index contributed by atoms with van der Waals surface area (Å²) in [6.07, 6.45) is 8.61. The van der Waals surface area contributed by atoms with Crippen LogP contribution in [0.25, 0.3) is 0 Å². The molecule has 0 radical (unpaired) electrons. The van der Waals surface area contributed by atoms with Crippen molar-refractivity contribution in [2.24, 2.45) is 0 Å². The van der Waals surface area contributed by atoms with Crippen LogP contribution in [0.15, 0.2) is 42.9 Å². The van der Waals surface area contributed by atoms with Gasteiger partial charge in [-0.05, 0) is 43.5 Å². The van der Waals surface area contributed by atoms with Gasteiger partial charge < -0.3 is 0 Å². The Labute approximate surface area is 118 Å². The Morgan fingerprint density at radius 1 is 1.20 bits per heavy atom. The molecular formula is C16H18FN3. The average Bonchev–Trinajstić information content (AvgIpc) is 2.96. The summed E-state index contributed by atoms with van der Waals surface area (Å²) >= 11 is 0. The van der Waals surface area contributed by atoms with Crippen molar-refractivity contribution >= 4 is 0 Å². The van der Waals surface area contributed by atoms with E-state index in [1.807, 2.05) is 18.3 Å². The van der Waals surface area contributed by atoms with Crippen LogP contribution in [0.5, 0.6) is 0 Å². The molecule has 3 rings (SSSR count). The quantitative estimate of drug-likeness (QED) is 0.856. The van der Waals surface area contributed by atoms with Crippen LogP contribution in [-0.4, -0.2) is 28.0 Å². The molecule has 1 aliphatic heterocycles. The van der Waals surface area contributed by atoms with Gasteiger partial charge in [0.15, 0.2) is 0 Å². The van der Waals surface area contributed by atoms with Crippen LogP contribution in [0, 0.1) is 5.82 Å². The van der Waals surface area contributed by atoms with Crippen LogP contribution in [0.1, 0.15) is 30.1 Å². The number of hydrogen-bond acceptors (Lipinski definition) is 3. The van der Waals surface area contributed by atoms with E-state index in [0.717, 1.165) is 31.6 Å². The third-order valence-corrected chi connectivity index (χ3v) is 3.89. The van der Waals surface area contributed by atoms with Gasteiger partial charge in [-0.3, -0.25) is 14.9 Å². The molecule has 2 aromatic rings. The van der Waals surface area contributed by atoms with E-state index in [2.05, 4.69) is 14.9 Å². The van der Waals surface area contributed by atoms with Crippen LogP contribution < -0.4 is 0 Å². The van der Waals surface area contributed by atoms with Crippen LogP contribution >= 0.6 is 0 Å². The Kier molecular flexibility index (Phi) is 4.02. The molecule has 1 fully saturated rings. The molecule has 0 amide bonds. The van der Waals surface area contributed by atoms with E-state index in [-0.39, 0.29) is 5.82 Å². The highest BCUT2D eigenvalue weighted by atomic mass is 19.1. The number of aromatic nitrogens is 2. The van der Waals surface area contributed by atoms with E-state index >= 15 is 0 Å². The first-order chi connectivity index (χ1) is 9.83. The largest absolute Gasteiger partial charge is 0.294 e. The van der Waals surface area contributed by atoms with Gasteiger partial charge in [0.25, 0.3) is 0 Å². The second-order valence-electron chi connectivity index (χ2n) is 5.20. The Balaban J connectivity index is 1.63. The number of likely N-dealkylation sites (tertiary alicyclic amines) is 1. The van der Waals surface area contributed by atoms with E-state index in [9.17, 15) is 4.39 Å². The topological polar surface area (TPSA) is 29.0 Å². The van der Waals surface area contributed by atoms with Crippen LogP contribution in [0.3, 0.4) is 0 Å². The molecule has 0 bridgehead atoms. The average molecular weight is 271 g/mol. The molecule has 104 valence electrons. The Hall–Kier alpha value is -1.81. The molecule has 0 N–H and O–H groups in total. The number of halogens is 1. The first-order valence-corrected chi connectivity index (χ1v) is 7.07. The maximum Gasteiger partial charge on any atom is 0.123 e. The van der Waals surface area contributed by atoms with E-state index in [1.54, 1.807) is 12.4 Å². The molecule has 0 saturated carbocycles.